The van der Waals surface area contributed by atoms with E-state index in [0.29, 0.717) is 24.6 Å². The maximum Gasteiger partial charge on any atom is 0.223 e. The Labute approximate surface area is 183 Å². The van der Waals surface area contributed by atoms with Crippen molar-refractivity contribution < 1.29 is 22.0 Å². The SMILES string of the molecule is O=C(CCS(=O)(=O)c1c(F)ccc2nccn12)N1CC2CCC(C1)N2c1ccc(F)cn1. The van der Waals surface area contributed by atoms with Gasteiger partial charge in [0, 0.05) is 44.0 Å². The van der Waals surface area contributed by atoms with Crippen LogP contribution in [-0.4, -0.2) is 64.5 Å². The largest absolute Gasteiger partial charge is 0.347 e. The molecule has 2 aliphatic rings. The number of fused-ring (bicyclic) bond motifs is 3. The van der Waals surface area contributed by atoms with Gasteiger partial charge in [0.05, 0.1) is 11.9 Å². The van der Waals surface area contributed by atoms with Gasteiger partial charge in [-0.3, -0.25) is 9.20 Å². The van der Waals surface area contributed by atoms with Crippen molar-refractivity contribution in [3.05, 3.63) is 54.5 Å². The van der Waals surface area contributed by atoms with Gasteiger partial charge in [0.2, 0.25) is 5.91 Å². The van der Waals surface area contributed by atoms with Crippen molar-refractivity contribution in [1.82, 2.24) is 19.3 Å². The van der Waals surface area contributed by atoms with Gasteiger partial charge >= 0.3 is 0 Å². The first-order valence-corrected chi connectivity index (χ1v) is 12.0. The molecular weight excluding hydrogens is 440 g/mol. The van der Waals surface area contributed by atoms with Gasteiger partial charge < -0.3 is 9.80 Å². The quantitative estimate of drug-likeness (QED) is 0.578. The van der Waals surface area contributed by atoms with Crippen molar-refractivity contribution in [3.63, 3.8) is 0 Å². The van der Waals surface area contributed by atoms with Crippen LogP contribution in [0.15, 0.2) is 47.9 Å². The first-order valence-electron chi connectivity index (χ1n) is 10.4. The number of hydrogen-bond donors (Lipinski definition) is 0. The first-order chi connectivity index (χ1) is 15.3. The molecule has 0 spiro atoms. The third kappa shape index (κ3) is 3.60. The topological polar surface area (TPSA) is 87.9 Å². The molecule has 0 saturated carbocycles. The number of imidazole rings is 1. The van der Waals surface area contributed by atoms with Crippen LogP contribution in [0.2, 0.25) is 0 Å². The van der Waals surface area contributed by atoms with Crippen LogP contribution in [0.4, 0.5) is 14.6 Å². The molecular formula is C21H21F2N5O3S. The molecule has 2 fully saturated rings. The molecule has 0 radical (unpaired) electrons. The van der Waals surface area contributed by atoms with Crippen LogP contribution in [0.1, 0.15) is 19.3 Å². The molecule has 8 nitrogen and oxygen atoms in total. The Bertz CT molecular complexity index is 1260. The van der Waals surface area contributed by atoms with E-state index in [1.54, 1.807) is 11.0 Å². The predicted molar refractivity (Wildman–Crippen MR) is 112 cm³/mol. The lowest BCUT2D eigenvalue weighted by Gasteiger charge is -2.41. The fraction of sp³-hybridized carbons (Fsp3) is 0.381. The van der Waals surface area contributed by atoms with E-state index in [0.717, 1.165) is 18.9 Å². The van der Waals surface area contributed by atoms with E-state index in [-0.39, 0.29) is 24.4 Å². The number of piperazine rings is 1. The van der Waals surface area contributed by atoms with E-state index < -0.39 is 32.3 Å². The normalized spacial score (nSPS) is 20.8. The highest BCUT2D eigenvalue weighted by molar-refractivity contribution is 7.91. The van der Waals surface area contributed by atoms with Crippen LogP contribution in [0.5, 0.6) is 0 Å². The van der Waals surface area contributed by atoms with Gasteiger partial charge in [0.1, 0.15) is 17.3 Å². The standard InChI is InChI=1S/C21H21F2N5O3S/c22-14-1-5-19(25-11-14)28-15-2-3-16(28)13-26(12-15)20(29)7-10-32(30,31)21-17(23)4-6-18-24-8-9-27(18)21/h1,4-6,8-9,11,15-16H,2-3,7,10,12-13H2. The van der Waals surface area contributed by atoms with Gasteiger partial charge in [0.15, 0.2) is 20.7 Å². The van der Waals surface area contributed by atoms with E-state index in [4.69, 9.17) is 0 Å². The van der Waals surface area contributed by atoms with Crippen LogP contribution >= 0.6 is 0 Å². The summed E-state index contributed by atoms with van der Waals surface area (Å²) in [5.74, 6) is -1.37. The van der Waals surface area contributed by atoms with Gasteiger partial charge in [-0.15, -0.1) is 0 Å². The van der Waals surface area contributed by atoms with Crippen LogP contribution in [0, 0.1) is 11.6 Å². The molecule has 11 heteroatoms. The second-order valence-corrected chi connectivity index (χ2v) is 10.2. The number of pyridine rings is 2. The average Bonchev–Trinajstić information content (AvgIpc) is 3.33. The van der Waals surface area contributed by atoms with Crippen molar-refractivity contribution in [2.24, 2.45) is 0 Å². The summed E-state index contributed by atoms with van der Waals surface area (Å²) in [5, 5.41) is -0.479. The molecule has 0 N–H and O–H groups in total. The van der Waals surface area contributed by atoms with E-state index in [9.17, 15) is 22.0 Å². The number of aromatic nitrogens is 3. The lowest BCUT2D eigenvalue weighted by atomic mass is 10.1. The fourth-order valence-corrected chi connectivity index (χ4v) is 6.18. The molecule has 32 heavy (non-hydrogen) atoms. The summed E-state index contributed by atoms with van der Waals surface area (Å²) in [7, 11) is -4.05. The van der Waals surface area contributed by atoms with Crippen molar-refractivity contribution in [1.29, 1.82) is 0 Å². The van der Waals surface area contributed by atoms with Gasteiger partial charge in [-0.2, -0.15) is 0 Å². The number of likely N-dealkylation sites (tertiary alicyclic amines) is 1. The minimum absolute atomic E-state index is 0.0457. The highest BCUT2D eigenvalue weighted by Crippen LogP contribution is 2.34. The lowest BCUT2D eigenvalue weighted by Crippen LogP contribution is -2.55. The van der Waals surface area contributed by atoms with Gasteiger partial charge in [0.25, 0.3) is 0 Å². The minimum Gasteiger partial charge on any atom is -0.347 e. The number of amides is 1. The molecule has 2 aliphatic heterocycles. The molecule has 1 amide bonds. The molecule has 3 aromatic rings. The maximum absolute atomic E-state index is 14.4. The van der Waals surface area contributed by atoms with Crippen molar-refractivity contribution in [3.8, 4) is 0 Å². The number of rotatable bonds is 5. The Morgan fingerprint density at radius 3 is 2.50 bits per heavy atom. The smallest absolute Gasteiger partial charge is 0.223 e. The summed E-state index contributed by atoms with van der Waals surface area (Å²) >= 11 is 0. The molecule has 2 saturated heterocycles. The Balaban J connectivity index is 1.28. The van der Waals surface area contributed by atoms with Crippen LogP contribution in [0.25, 0.3) is 5.65 Å². The zero-order valence-corrected chi connectivity index (χ0v) is 17.9. The lowest BCUT2D eigenvalue weighted by molar-refractivity contribution is -0.131. The zero-order chi connectivity index (χ0) is 22.5. The number of hydrogen-bond acceptors (Lipinski definition) is 6. The molecule has 3 aromatic heterocycles. The summed E-state index contributed by atoms with van der Waals surface area (Å²) in [6, 6.07) is 5.55. The number of halogens is 2. The summed E-state index contributed by atoms with van der Waals surface area (Å²) in [6.07, 6.45) is 5.47. The van der Waals surface area contributed by atoms with Gasteiger partial charge in [-0.05, 0) is 37.1 Å². The van der Waals surface area contributed by atoms with Crippen LogP contribution in [0.3, 0.4) is 0 Å². The Morgan fingerprint density at radius 2 is 1.81 bits per heavy atom. The minimum atomic E-state index is -4.05. The number of carbonyl (C=O) groups is 1. The number of carbonyl (C=O) groups excluding carboxylic acids is 1. The maximum atomic E-state index is 14.4. The van der Waals surface area contributed by atoms with E-state index in [2.05, 4.69) is 14.9 Å². The van der Waals surface area contributed by atoms with E-state index >= 15 is 0 Å². The monoisotopic (exact) mass is 461 g/mol. The fourth-order valence-electron chi connectivity index (χ4n) is 4.72. The molecule has 0 aliphatic carbocycles. The van der Waals surface area contributed by atoms with Gasteiger partial charge in [-0.25, -0.2) is 27.2 Å². The summed E-state index contributed by atoms with van der Waals surface area (Å²) in [4.78, 5) is 24.8. The molecule has 2 bridgehead atoms. The predicted octanol–water partition coefficient (Wildman–Crippen LogP) is 2.05. The molecule has 2 unspecified atom stereocenters. The first kappa shape index (κ1) is 20.8. The summed E-state index contributed by atoms with van der Waals surface area (Å²) in [5.41, 5.74) is 0.318. The molecule has 5 rings (SSSR count). The van der Waals surface area contributed by atoms with E-state index in [1.807, 2.05) is 0 Å². The van der Waals surface area contributed by atoms with Crippen molar-refractivity contribution >= 4 is 27.2 Å². The molecule has 168 valence electrons. The molecule has 0 aromatic carbocycles. The Hall–Kier alpha value is -3.08. The van der Waals surface area contributed by atoms with Crippen molar-refractivity contribution in [2.75, 3.05) is 23.7 Å². The second-order valence-electron chi connectivity index (χ2n) is 8.14. The average molecular weight is 461 g/mol. The Morgan fingerprint density at radius 1 is 1.06 bits per heavy atom. The van der Waals surface area contributed by atoms with Crippen molar-refractivity contribution in [2.45, 2.75) is 36.4 Å². The van der Waals surface area contributed by atoms with Crippen LogP contribution < -0.4 is 4.90 Å². The Kier molecular flexibility index (Phi) is 5.07. The third-order valence-electron chi connectivity index (χ3n) is 6.16. The summed E-state index contributed by atoms with van der Waals surface area (Å²) < 4.78 is 54.5. The number of anilines is 1. The number of nitrogens with zero attached hydrogens (tertiary/aromatic N) is 5. The summed E-state index contributed by atoms with van der Waals surface area (Å²) in [6.45, 7) is 0.889. The highest BCUT2D eigenvalue weighted by atomic mass is 32.2. The highest BCUT2D eigenvalue weighted by Gasteiger charge is 2.42. The van der Waals surface area contributed by atoms with Crippen LogP contribution in [-0.2, 0) is 14.6 Å². The number of sulfone groups is 1. The van der Waals surface area contributed by atoms with E-state index in [1.165, 1.54) is 35.1 Å². The van der Waals surface area contributed by atoms with Gasteiger partial charge in [-0.1, -0.05) is 0 Å². The molecule has 5 heterocycles. The zero-order valence-electron chi connectivity index (χ0n) is 17.1. The third-order valence-corrected chi connectivity index (χ3v) is 7.88. The second kappa shape index (κ2) is 7.80. The molecule has 2 atom stereocenters.